The van der Waals surface area contributed by atoms with Gasteiger partial charge in [-0.25, -0.2) is 14.6 Å². The van der Waals surface area contributed by atoms with Gasteiger partial charge in [0.1, 0.15) is 18.2 Å². The molecule has 1 fully saturated rings. The number of nitrogens with zero attached hydrogens (tertiary/aromatic N) is 4. The quantitative estimate of drug-likeness (QED) is 0.576. The summed E-state index contributed by atoms with van der Waals surface area (Å²) >= 11 is 0. The van der Waals surface area contributed by atoms with Gasteiger partial charge in [-0.1, -0.05) is 41.5 Å². The van der Waals surface area contributed by atoms with Crippen LogP contribution in [0.25, 0.3) is 11.0 Å². The molecule has 180 valence electrons. The van der Waals surface area contributed by atoms with Gasteiger partial charge in [0.25, 0.3) is 0 Å². The molecule has 0 radical (unpaired) electrons. The van der Waals surface area contributed by atoms with Crippen molar-refractivity contribution in [3.05, 3.63) is 12.0 Å². The molecule has 1 aliphatic rings. The van der Waals surface area contributed by atoms with Crippen molar-refractivity contribution in [2.75, 3.05) is 12.3 Å². The van der Waals surface area contributed by atoms with Crippen molar-refractivity contribution in [3.63, 3.8) is 0 Å². The zero-order chi connectivity index (χ0) is 24.0. The molecule has 0 bridgehead atoms. The third-order valence-corrected chi connectivity index (χ3v) is 12.6. The van der Waals surface area contributed by atoms with Gasteiger partial charge in [-0.15, -0.1) is 0 Å². The molecule has 0 saturated carbocycles. The van der Waals surface area contributed by atoms with E-state index in [0.29, 0.717) is 16.6 Å². The summed E-state index contributed by atoms with van der Waals surface area (Å²) in [6.45, 7) is 12.5. The number of fused-ring (bicyclic) bond motifs is 1. The van der Waals surface area contributed by atoms with Gasteiger partial charge < -0.3 is 20.0 Å². The number of hydrogen-bond donors (Lipinski definition) is 2. The van der Waals surface area contributed by atoms with E-state index in [0.717, 1.165) is 11.0 Å². The van der Waals surface area contributed by atoms with Crippen LogP contribution in [0, 0.1) is 0 Å². The first-order valence-corrected chi connectivity index (χ1v) is 13.0. The highest BCUT2D eigenvalue weighted by Crippen LogP contribution is 2.46. The molecule has 2 aromatic rings. The van der Waals surface area contributed by atoms with Crippen LogP contribution < -0.4 is 5.73 Å². The lowest BCUT2D eigenvalue weighted by Crippen LogP contribution is -2.51. The van der Waals surface area contributed by atoms with Crippen molar-refractivity contribution < 1.29 is 27.4 Å². The average molecular weight is 476 g/mol. The minimum atomic E-state index is -4.73. The molecule has 12 heteroatoms. The number of aliphatic hydroxyl groups excluding tert-OH is 1. The van der Waals surface area contributed by atoms with E-state index in [4.69, 9.17) is 14.9 Å². The van der Waals surface area contributed by atoms with Crippen LogP contribution in [0.2, 0.25) is 16.6 Å². The highest BCUT2D eigenvalue weighted by Gasteiger charge is 2.50. The molecule has 0 amide bonds. The smallest absolute Gasteiger partial charge is 0.410 e. The van der Waals surface area contributed by atoms with Crippen LogP contribution in [0.3, 0.4) is 0 Å². The second-order valence-electron chi connectivity index (χ2n) is 9.27. The fraction of sp³-hybridized carbons (Fsp3) is 0.750. The standard InChI is InChI=1S/C20H32F3N5O3Si/c1-10(2)32(11(3)4,12(5)6)31-13-7-15(30-14(13)8-29)28-19-16(18(24)25-9-26-19)17(27-28)20(21,22)23/h9-15,29H,7-8H2,1-6H3,(H2,24,25,26)/t13-,14-,15+/m0/s1. The van der Waals surface area contributed by atoms with E-state index in [9.17, 15) is 18.3 Å². The lowest BCUT2D eigenvalue weighted by atomic mass is 10.2. The van der Waals surface area contributed by atoms with Gasteiger partial charge in [0.2, 0.25) is 8.32 Å². The van der Waals surface area contributed by atoms with Crippen LogP contribution in [0.1, 0.15) is 59.9 Å². The number of aromatic nitrogens is 4. The Bertz CT molecular complexity index is 929. The van der Waals surface area contributed by atoms with E-state index in [1.807, 2.05) is 0 Å². The molecule has 3 N–H and O–H groups in total. The molecule has 1 aliphatic heterocycles. The molecule has 3 heterocycles. The van der Waals surface area contributed by atoms with Crippen LogP contribution >= 0.6 is 0 Å². The Morgan fingerprint density at radius 1 is 1.19 bits per heavy atom. The normalized spacial score (nSPS) is 22.7. The predicted molar refractivity (Wildman–Crippen MR) is 116 cm³/mol. The Balaban J connectivity index is 2.01. The predicted octanol–water partition coefficient (Wildman–Crippen LogP) is 4.27. The third kappa shape index (κ3) is 4.13. The maximum absolute atomic E-state index is 13.6. The maximum Gasteiger partial charge on any atom is 0.435 e. The van der Waals surface area contributed by atoms with Gasteiger partial charge in [-0.05, 0) is 16.6 Å². The van der Waals surface area contributed by atoms with Gasteiger partial charge in [0.15, 0.2) is 17.6 Å². The fourth-order valence-electron chi connectivity index (χ4n) is 5.20. The Hall–Kier alpha value is -1.76. The monoisotopic (exact) mass is 475 g/mol. The van der Waals surface area contributed by atoms with Gasteiger partial charge >= 0.3 is 6.18 Å². The number of ether oxygens (including phenoxy) is 1. The highest BCUT2D eigenvalue weighted by molar-refractivity contribution is 6.77. The first kappa shape index (κ1) is 24.9. The van der Waals surface area contributed by atoms with Crippen molar-refractivity contribution >= 4 is 25.2 Å². The molecule has 0 aliphatic carbocycles. The second-order valence-corrected chi connectivity index (χ2v) is 14.7. The SMILES string of the molecule is CC(C)[Si](O[C@H]1C[C@H](n2nc(C(F)(F)F)c3c(N)ncnc32)O[C@H]1CO)(C(C)C)C(C)C. The van der Waals surface area contributed by atoms with Crippen molar-refractivity contribution in [1.82, 2.24) is 19.7 Å². The first-order chi connectivity index (χ1) is 14.8. The first-order valence-electron chi connectivity index (χ1n) is 10.8. The molecular weight excluding hydrogens is 443 g/mol. The fourth-order valence-corrected chi connectivity index (χ4v) is 10.8. The van der Waals surface area contributed by atoms with Gasteiger partial charge in [0, 0.05) is 6.42 Å². The summed E-state index contributed by atoms with van der Waals surface area (Å²) in [7, 11) is -2.31. The molecule has 32 heavy (non-hydrogen) atoms. The van der Waals surface area contributed by atoms with Gasteiger partial charge in [0.05, 0.1) is 18.1 Å². The minimum Gasteiger partial charge on any atom is -0.410 e. The van der Waals surface area contributed by atoms with E-state index in [1.165, 1.54) is 0 Å². The summed E-state index contributed by atoms with van der Waals surface area (Å²) in [5.74, 6) is -0.302. The molecule has 3 rings (SSSR count). The Morgan fingerprint density at radius 3 is 2.28 bits per heavy atom. The molecular formula is C20H32F3N5O3Si. The minimum absolute atomic E-state index is 0.0627. The van der Waals surface area contributed by atoms with Crippen LogP contribution in [-0.2, 0) is 15.3 Å². The van der Waals surface area contributed by atoms with Crippen molar-refractivity contribution in [3.8, 4) is 0 Å². The summed E-state index contributed by atoms with van der Waals surface area (Å²) in [5.41, 5.74) is 5.41. The van der Waals surface area contributed by atoms with Crippen molar-refractivity contribution in [2.45, 2.75) is 89.2 Å². The molecule has 1 saturated heterocycles. The number of halogens is 3. The largest absolute Gasteiger partial charge is 0.435 e. The van der Waals surface area contributed by atoms with E-state index < -0.39 is 38.6 Å². The molecule has 0 unspecified atom stereocenters. The summed E-state index contributed by atoms with van der Waals surface area (Å²) in [6.07, 6.45) is -5.45. The Labute approximate surface area is 186 Å². The molecule has 3 atom stereocenters. The van der Waals surface area contributed by atoms with Gasteiger partial charge in [-0.2, -0.15) is 18.3 Å². The molecule has 8 nitrogen and oxygen atoms in total. The van der Waals surface area contributed by atoms with Gasteiger partial charge in [-0.3, -0.25) is 0 Å². The summed E-state index contributed by atoms with van der Waals surface area (Å²) in [4.78, 5) is 7.68. The lowest BCUT2D eigenvalue weighted by molar-refractivity contribution is -0.141. The number of alkyl halides is 3. The van der Waals surface area contributed by atoms with E-state index >= 15 is 0 Å². The number of nitrogens with two attached hydrogens (primary N) is 1. The van der Waals surface area contributed by atoms with Crippen molar-refractivity contribution in [2.24, 2.45) is 0 Å². The number of hydrogen-bond acceptors (Lipinski definition) is 7. The summed E-state index contributed by atoms with van der Waals surface area (Å²) < 4.78 is 54.7. The number of anilines is 1. The Morgan fingerprint density at radius 2 is 1.78 bits per heavy atom. The zero-order valence-electron chi connectivity index (χ0n) is 19.2. The third-order valence-electron chi connectivity index (χ3n) is 6.48. The summed E-state index contributed by atoms with van der Waals surface area (Å²) in [6, 6.07) is 0. The van der Waals surface area contributed by atoms with Crippen LogP contribution in [0.15, 0.2) is 6.33 Å². The maximum atomic E-state index is 13.6. The number of nitrogen functional groups attached to an aromatic ring is 1. The van der Waals surface area contributed by atoms with E-state index in [2.05, 4.69) is 56.6 Å². The second kappa shape index (κ2) is 8.88. The zero-order valence-corrected chi connectivity index (χ0v) is 20.2. The average Bonchev–Trinajstić information content (AvgIpc) is 3.26. The van der Waals surface area contributed by atoms with Crippen LogP contribution in [-0.4, -0.2) is 52.0 Å². The van der Waals surface area contributed by atoms with Crippen LogP contribution in [0.4, 0.5) is 19.0 Å². The molecule has 0 spiro atoms. The van der Waals surface area contributed by atoms with Crippen molar-refractivity contribution in [1.29, 1.82) is 0 Å². The van der Waals surface area contributed by atoms with Crippen LogP contribution in [0.5, 0.6) is 0 Å². The van der Waals surface area contributed by atoms with E-state index in [1.54, 1.807) is 0 Å². The van der Waals surface area contributed by atoms with E-state index in [-0.39, 0.29) is 29.9 Å². The summed E-state index contributed by atoms with van der Waals surface area (Å²) in [5, 5.41) is 13.4. The number of aliphatic hydroxyl groups is 1. The number of rotatable bonds is 7. The molecule has 0 aromatic carbocycles. The highest BCUT2D eigenvalue weighted by atomic mass is 28.4. The Kier molecular flexibility index (Phi) is 6.90. The molecule has 2 aromatic heterocycles. The lowest BCUT2D eigenvalue weighted by Gasteiger charge is -2.44. The topological polar surface area (TPSA) is 108 Å².